The fraction of sp³-hybridized carbons (Fsp3) is 0.444. The molecular formula is C18H21N3O4. The number of aryl methyl sites for hydroxylation is 1. The number of fused-ring (bicyclic) bond motifs is 1. The number of urea groups is 1. The third-order valence-electron chi connectivity index (χ3n) is 4.89. The van der Waals surface area contributed by atoms with Gasteiger partial charge in [0.15, 0.2) is 5.58 Å². The lowest BCUT2D eigenvalue weighted by atomic mass is 10.0. The van der Waals surface area contributed by atoms with E-state index in [1.54, 1.807) is 9.80 Å². The molecule has 1 N–H and O–H groups in total. The highest BCUT2D eigenvalue weighted by Crippen LogP contribution is 2.27. The highest BCUT2D eigenvalue weighted by molar-refractivity contribution is 5.99. The molecule has 7 heteroatoms. The SMILES string of the molecule is Cc1cc2cccc(NC(=O)N3CCC(N4CCOC4=O)CC3)c2o1. The summed E-state index contributed by atoms with van der Waals surface area (Å²) in [6, 6.07) is 7.68. The van der Waals surface area contributed by atoms with Gasteiger partial charge in [0.2, 0.25) is 0 Å². The zero-order chi connectivity index (χ0) is 17.4. The first-order chi connectivity index (χ1) is 12.1. The maximum Gasteiger partial charge on any atom is 0.410 e. The Kier molecular flexibility index (Phi) is 3.99. The smallest absolute Gasteiger partial charge is 0.410 e. The van der Waals surface area contributed by atoms with E-state index in [1.807, 2.05) is 31.2 Å². The molecule has 0 atom stereocenters. The van der Waals surface area contributed by atoms with Gasteiger partial charge in [0.25, 0.3) is 0 Å². The van der Waals surface area contributed by atoms with Gasteiger partial charge in [-0.2, -0.15) is 0 Å². The Bertz CT molecular complexity index is 808. The summed E-state index contributed by atoms with van der Waals surface area (Å²) in [5, 5.41) is 3.92. The molecule has 3 heterocycles. The van der Waals surface area contributed by atoms with Crippen molar-refractivity contribution in [2.45, 2.75) is 25.8 Å². The van der Waals surface area contributed by atoms with E-state index in [9.17, 15) is 9.59 Å². The van der Waals surface area contributed by atoms with Gasteiger partial charge in [-0.05, 0) is 31.9 Å². The molecule has 4 rings (SSSR count). The van der Waals surface area contributed by atoms with E-state index in [1.165, 1.54) is 0 Å². The number of hydrogen-bond acceptors (Lipinski definition) is 4. The van der Waals surface area contributed by atoms with Crippen LogP contribution in [-0.2, 0) is 4.74 Å². The predicted octanol–water partition coefficient (Wildman–Crippen LogP) is 3.19. The number of piperidine rings is 1. The van der Waals surface area contributed by atoms with Gasteiger partial charge < -0.3 is 24.3 Å². The molecule has 2 fully saturated rings. The number of amides is 3. The molecular weight excluding hydrogens is 322 g/mol. The van der Waals surface area contributed by atoms with Gasteiger partial charge in [-0.15, -0.1) is 0 Å². The van der Waals surface area contributed by atoms with E-state index in [4.69, 9.17) is 9.15 Å². The van der Waals surface area contributed by atoms with Crippen LogP contribution in [0.4, 0.5) is 15.3 Å². The van der Waals surface area contributed by atoms with Crippen LogP contribution in [0.25, 0.3) is 11.0 Å². The van der Waals surface area contributed by atoms with Crippen molar-refractivity contribution >= 4 is 28.8 Å². The number of rotatable bonds is 2. The minimum atomic E-state index is -0.234. The molecule has 1 aromatic carbocycles. The Balaban J connectivity index is 1.40. The molecule has 0 aliphatic carbocycles. The van der Waals surface area contributed by atoms with Crippen molar-refractivity contribution in [2.24, 2.45) is 0 Å². The number of carbonyl (C=O) groups is 2. The summed E-state index contributed by atoms with van der Waals surface area (Å²) in [5.41, 5.74) is 1.38. The number of para-hydroxylation sites is 1. The third kappa shape index (κ3) is 3.01. The minimum Gasteiger partial charge on any atom is -0.459 e. The van der Waals surface area contributed by atoms with Crippen LogP contribution in [0, 0.1) is 6.92 Å². The van der Waals surface area contributed by atoms with Gasteiger partial charge >= 0.3 is 12.1 Å². The van der Waals surface area contributed by atoms with Crippen LogP contribution in [0.15, 0.2) is 28.7 Å². The van der Waals surface area contributed by atoms with E-state index >= 15 is 0 Å². The Morgan fingerprint density at radius 2 is 2.04 bits per heavy atom. The van der Waals surface area contributed by atoms with Crippen molar-refractivity contribution in [3.05, 3.63) is 30.0 Å². The number of furan rings is 1. The zero-order valence-corrected chi connectivity index (χ0v) is 14.2. The number of benzene rings is 1. The Morgan fingerprint density at radius 3 is 2.76 bits per heavy atom. The third-order valence-corrected chi connectivity index (χ3v) is 4.89. The number of carbonyl (C=O) groups excluding carboxylic acids is 2. The number of nitrogens with one attached hydrogen (secondary N) is 1. The molecule has 7 nitrogen and oxygen atoms in total. The van der Waals surface area contributed by atoms with Crippen molar-refractivity contribution in [3.8, 4) is 0 Å². The average molecular weight is 343 g/mol. The maximum absolute atomic E-state index is 12.6. The monoisotopic (exact) mass is 343 g/mol. The summed E-state index contributed by atoms with van der Waals surface area (Å²) >= 11 is 0. The first-order valence-corrected chi connectivity index (χ1v) is 8.60. The van der Waals surface area contributed by atoms with Gasteiger partial charge in [0, 0.05) is 24.5 Å². The van der Waals surface area contributed by atoms with E-state index in [2.05, 4.69) is 5.32 Å². The van der Waals surface area contributed by atoms with Gasteiger partial charge in [0.1, 0.15) is 12.4 Å². The van der Waals surface area contributed by atoms with Crippen LogP contribution >= 0.6 is 0 Å². The summed E-state index contributed by atoms with van der Waals surface area (Å²) in [6.07, 6.45) is 1.31. The molecule has 0 unspecified atom stereocenters. The Labute approximate surface area is 145 Å². The fourth-order valence-corrected chi connectivity index (χ4v) is 3.60. The molecule has 2 aromatic rings. The van der Waals surface area contributed by atoms with Crippen LogP contribution in [0.2, 0.25) is 0 Å². The second kappa shape index (κ2) is 6.31. The molecule has 3 amide bonds. The number of hydrogen-bond donors (Lipinski definition) is 1. The minimum absolute atomic E-state index is 0.135. The summed E-state index contributed by atoms with van der Waals surface area (Å²) in [6.45, 7) is 4.24. The van der Waals surface area contributed by atoms with Gasteiger partial charge in [-0.25, -0.2) is 9.59 Å². The van der Waals surface area contributed by atoms with E-state index in [0.717, 1.165) is 24.0 Å². The molecule has 2 saturated heterocycles. The first-order valence-electron chi connectivity index (χ1n) is 8.60. The van der Waals surface area contributed by atoms with Crippen LogP contribution < -0.4 is 5.32 Å². The van der Waals surface area contributed by atoms with E-state index < -0.39 is 0 Å². The van der Waals surface area contributed by atoms with Crippen molar-refractivity contribution in [1.29, 1.82) is 0 Å². The quantitative estimate of drug-likeness (QED) is 0.909. The standard InChI is InChI=1S/C18H21N3O4/c1-12-11-13-3-2-4-15(16(13)25-12)19-17(22)20-7-5-14(6-8-20)21-9-10-24-18(21)23/h2-4,11,14H,5-10H2,1H3,(H,19,22). The van der Waals surface area contributed by atoms with Crippen molar-refractivity contribution in [1.82, 2.24) is 9.80 Å². The lowest BCUT2D eigenvalue weighted by Gasteiger charge is -2.35. The molecule has 2 aliphatic heterocycles. The fourth-order valence-electron chi connectivity index (χ4n) is 3.60. The molecule has 2 aliphatic rings. The lowest BCUT2D eigenvalue weighted by molar-refractivity contribution is 0.125. The number of cyclic esters (lactones) is 1. The summed E-state index contributed by atoms with van der Waals surface area (Å²) in [5.74, 6) is 0.815. The predicted molar refractivity (Wildman–Crippen MR) is 92.6 cm³/mol. The number of nitrogens with zero attached hydrogens (tertiary/aromatic N) is 2. The number of ether oxygens (including phenoxy) is 1. The van der Waals surface area contributed by atoms with E-state index in [-0.39, 0.29) is 18.2 Å². The van der Waals surface area contributed by atoms with Crippen molar-refractivity contribution in [3.63, 3.8) is 0 Å². The summed E-state index contributed by atoms with van der Waals surface area (Å²) in [7, 11) is 0. The highest BCUT2D eigenvalue weighted by Gasteiger charge is 2.33. The molecule has 0 bridgehead atoms. The normalized spacial score (nSPS) is 18.7. The maximum atomic E-state index is 12.6. The molecule has 25 heavy (non-hydrogen) atoms. The van der Waals surface area contributed by atoms with Crippen molar-refractivity contribution in [2.75, 3.05) is 31.6 Å². The molecule has 0 radical (unpaired) electrons. The second-order valence-corrected chi connectivity index (χ2v) is 6.54. The summed E-state index contributed by atoms with van der Waals surface area (Å²) < 4.78 is 10.7. The van der Waals surface area contributed by atoms with Gasteiger partial charge in [-0.3, -0.25) is 0 Å². The van der Waals surface area contributed by atoms with Crippen LogP contribution in [0.1, 0.15) is 18.6 Å². The lowest BCUT2D eigenvalue weighted by Crippen LogP contribution is -2.48. The molecule has 0 saturated carbocycles. The largest absolute Gasteiger partial charge is 0.459 e. The van der Waals surface area contributed by atoms with Gasteiger partial charge in [-0.1, -0.05) is 12.1 Å². The van der Waals surface area contributed by atoms with E-state index in [0.29, 0.717) is 37.5 Å². The topological polar surface area (TPSA) is 75.0 Å². The molecule has 0 spiro atoms. The number of anilines is 1. The average Bonchev–Trinajstić information content (AvgIpc) is 3.20. The summed E-state index contributed by atoms with van der Waals surface area (Å²) in [4.78, 5) is 27.8. The molecule has 132 valence electrons. The molecule has 1 aromatic heterocycles. The van der Waals surface area contributed by atoms with Crippen LogP contribution in [-0.4, -0.2) is 54.2 Å². The number of likely N-dealkylation sites (tertiary alicyclic amines) is 1. The van der Waals surface area contributed by atoms with Crippen LogP contribution in [0.3, 0.4) is 0 Å². The van der Waals surface area contributed by atoms with Gasteiger partial charge in [0.05, 0.1) is 12.2 Å². The highest BCUT2D eigenvalue weighted by atomic mass is 16.6. The first kappa shape index (κ1) is 15.8. The van der Waals surface area contributed by atoms with Crippen LogP contribution in [0.5, 0.6) is 0 Å². The second-order valence-electron chi connectivity index (χ2n) is 6.54. The van der Waals surface area contributed by atoms with Crippen molar-refractivity contribution < 1.29 is 18.7 Å². The Hall–Kier alpha value is -2.70. The zero-order valence-electron chi connectivity index (χ0n) is 14.2. The Morgan fingerprint density at radius 1 is 1.24 bits per heavy atom.